The SMILES string of the molecule is CCOc1cccc(C2C3=CCC4C(=O)N(c5ccc([N+](=O)[O-])cc5)C(=O)C4C3CC3=C2C(=O)C(C)=CC3=O)c1O. The van der Waals surface area contributed by atoms with Crippen LogP contribution in [-0.4, -0.2) is 40.0 Å². The van der Waals surface area contributed by atoms with Crippen LogP contribution >= 0.6 is 0 Å². The van der Waals surface area contributed by atoms with E-state index in [1.807, 2.05) is 6.08 Å². The van der Waals surface area contributed by atoms with Gasteiger partial charge >= 0.3 is 0 Å². The van der Waals surface area contributed by atoms with E-state index in [9.17, 15) is 34.4 Å². The second-order valence-electron chi connectivity index (χ2n) is 10.6. The average molecular weight is 555 g/mol. The molecule has 4 atom stereocenters. The van der Waals surface area contributed by atoms with Gasteiger partial charge in [0.15, 0.2) is 23.1 Å². The van der Waals surface area contributed by atoms with Crippen LogP contribution in [0.5, 0.6) is 11.5 Å². The highest BCUT2D eigenvalue weighted by Crippen LogP contribution is 2.57. The van der Waals surface area contributed by atoms with E-state index < -0.39 is 40.4 Å². The Morgan fingerprint density at radius 3 is 2.46 bits per heavy atom. The summed E-state index contributed by atoms with van der Waals surface area (Å²) in [5.74, 6) is -4.28. The van der Waals surface area contributed by atoms with Crippen LogP contribution in [0.15, 0.2) is 76.9 Å². The van der Waals surface area contributed by atoms with E-state index in [-0.39, 0.29) is 58.4 Å². The molecule has 6 rings (SSSR count). The van der Waals surface area contributed by atoms with Gasteiger partial charge in [-0.25, -0.2) is 0 Å². The van der Waals surface area contributed by atoms with Crippen molar-refractivity contribution in [1.82, 2.24) is 0 Å². The van der Waals surface area contributed by atoms with Gasteiger partial charge in [-0.15, -0.1) is 0 Å². The van der Waals surface area contributed by atoms with Gasteiger partial charge < -0.3 is 9.84 Å². The number of nitrogens with zero attached hydrogens (tertiary/aromatic N) is 2. The highest BCUT2D eigenvalue weighted by molar-refractivity contribution is 6.25. The number of aromatic hydroxyl groups is 1. The Morgan fingerprint density at radius 1 is 1.05 bits per heavy atom. The number of anilines is 1. The van der Waals surface area contributed by atoms with Crippen molar-refractivity contribution in [2.45, 2.75) is 32.6 Å². The predicted molar refractivity (Wildman–Crippen MR) is 146 cm³/mol. The van der Waals surface area contributed by atoms with Crippen molar-refractivity contribution in [2.75, 3.05) is 11.5 Å². The van der Waals surface area contributed by atoms with E-state index in [2.05, 4.69) is 0 Å². The second-order valence-corrected chi connectivity index (χ2v) is 10.6. The lowest BCUT2D eigenvalue weighted by molar-refractivity contribution is -0.384. The van der Waals surface area contributed by atoms with Crippen molar-refractivity contribution in [1.29, 1.82) is 0 Å². The molecule has 4 aliphatic rings. The fourth-order valence-corrected chi connectivity index (χ4v) is 6.74. The first-order valence-electron chi connectivity index (χ1n) is 13.4. The third-order valence-electron chi connectivity index (χ3n) is 8.52. The zero-order chi connectivity index (χ0) is 29.2. The fourth-order valence-electron chi connectivity index (χ4n) is 6.74. The molecular weight excluding hydrogens is 528 g/mol. The normalized spacial score (nSPS) is 25.4. The van der Waals surface area contributed by atoms with Gasteiger partial charge in [-0.05, 0) is 56.9 Å². The lowest BCUT2D eigenvalue weighted by Crippen LogP contribution is -2.39. The molecule has 2 amide bonds. The summed E-state index contributed by atoms with van der Waals surface area (Å²) in [5.41, 5.74) is 2.02. The fraction of sp³-hybridized carbons (Fsp3) is 0.290. The molecule has 2 aromatic rings. The van der Waals surface area contributed by atoms with Crippen molar-refractivity contribution in [3.8, 4) is 11.5 Å². The number of carbonyl (C=O) groups excluding carboxylic acids is 4. The second kappa shape index (κ2) is 9.65. The summed E-state index contributed by atoms with van der Waals surface area (Å²) in [5, 5.41) is 22.3. The molecule has 0 aromatic heterocycles. The number of hydrogen-bond acceptors (Lipinski definition) is 8. The Balaban J connectivity index is 1.47. The lowest BCUT2D eigenvalue weighted by Gasteiger charge is -2.42. The molecule has 1 heterocycles. The molecule has 0 saturated carbocycles. The number of rotatable bonds is 5. The zero-order valence-corrected chi connectivity index (χ0v) is 22.3. The quantitative estimate of drug-likeness (QED) is 0.189. The molecule has 0 bridgehead atoms. The molecule has 3 aliphatic carbocycles. The largest absolute Gasteiger partial charge is 0.504 e. The zero-order valence-electron chi connectivity index (χ0n) is 22.3. The van der Waals surface area contributed by atoms with Crippen LogP contribution in [0.2, 0.25) is 0 Å². The Kier molecular flexibility index (Phi) is 6.21. The molecule has 1 saturated heterocycles. The van der Waals surface area contributed by atoms with Crippen LogP contribution in [-0.2, 0) is 19.2 Å². The first-order valence-corrected chi connectivity index (χ1v) is 13.4. The highest BCUT2D eigenvalue weighted by Gasteiger charge is 2.57. The molecule has 10 nitrogen and oxygen atoms in total. The number of nitro benzene ring substituents is 1. The molecule has 2 aromatic carbocycles. The van der Waals surface area contributed by atoms with Crippen molar-refractivity contribution in [3.63, 3.8) is 0 Å². The number of hydrogen-bond donors (Lipinski definition) is 1. The number of phenols is 1. The van der Waals surface area contributed by atoms with Gasteiger partial charge in [0, 0.05) is 40.3 Å². The van der Waals surface area contributed by atoms with Crippen LogP contribution in [0, 0.1) is 27.9 Å². The summed E-state index contributed by atoms with van der Waals surface area (Å²) in [4.78, 5) is 65.9. The smallest absolute Gasteiger partial charge is 0.269 e. The molecule has 1 fully saturated rings. The average Bonchev–Trinajstić information content (AvgIpc) is 3.21. The summed E-state index contributed by atoms with van der Waals surface area (Å²) in [6, 6.07) is 10.2. The number of imide groups is 1. The standard InChI is InChI=1S/C31H26N2O8/c1-3-41-24-6-4-5-19(29(24)36)25-18-11-12-20-26(21(18)14-22-23(34)13-15(2)28(35)27(22)25)31(38)32(30(20)37)16-7-9-17(10-8-16)33(39)40/h4-11,13,20-21,25-26,36H,3,12,14H2,1-2H3. The van der Waals surface area contributed by atoms with Crippen LogP contribution in [0.3, 0.4) is 0 Å². The monoisotopic (exact) mass is 554 g/mol. The highest BCUT2D eigenvalue weighted by atomic mass is 16.6. The minimum atomic E-state index is -0.804. The minimum absolute atomic E-state index is 0.103. The van der Waals surface area contributed by atoms with Gasteiger partial charge in [0.05, 0.1) is 29.1 Å². The van der Waals surface area contributed by atoms with Crippen LogP contribution < -0.4 is 9.64 Å². The minimum Gasteiger partial charge on any atom is -0.504 e. The molecule has 4 unspecified atom stereocenters. The number of nitro groups is 1. The van der Waals surface area contributed by atoms with Gasteiger partial charge in [0.2, 0.25) is 11.8 Å². The number of fused-ring (bicyclic) bond motifs is 3. The van der Waals surface area contributed by atoms with Gasteiger partial charge in [-0.3, -0.25) is 34.2 Å². The third-order valence-corrected chi connectivity index (χ3v) is 8.52. The van der Waals surface area contributed by atoms with Crippen LogP contribution in [0.25, 0.3) is 0 Å². The number of carbonyl (C=O) groups is 4. The van der Waals surface area contributed by atoms with Crippen molar-refractivity contribution >= 4 is 34.8 Å². The summed E-state index contributed by atoms with van der Waals surface area (Å²) in [7, 11) is 0. The molecule has 10 heteroatoms. The number of ketones is 2. The number of allylic oxidation sites excluding steroid dienone is 6. The third kappa shape index (κ3) is 3.93. The Morgan fingerprint density at radius 2 is 1.78 bits per heavy atom. The molecule has 0 radical (unpaired) electrons. The number of para-hydroxylation sites is 1. The van der Waals surface area contributed by atoms with Gasteiger partial charge in [0.1, 0.15) is 0 Å². The van der Waals surface area contributed by atoms with Gasteiger partial charge in [-0.2, -0.15) is 0 Å². The maximum absolute atomic E-state index is 13.9. The molecular formula is C31H26N2O8. The van der Waals surface area contributed by atoms with Gasteiger partial charge in [-0.1, -0.05) is 23.8 Å². The van der Waals surface area contributed by atoms with Crippen LogP contribution in [0.1, 0.15) is 38.2 Å². The van der Waals surface area contributed by atoms with E-state index in [1.54, 1.807) is 32.0 Å². The van der Waals surface area contributed by atoms with Crippen molar-refractivity contribution in [2.24, 2.45) is 17.8 Å². The van der Waals surface area contributed by atoms with Crippen molar-refractivity contribution < 1.29 is 33.9 Å². The summed E-state index contributed by atoms with van der Waals surface area (Å²) < 4.78 is 5.60. The Bertz CT molecular complexity index is 1650. The maximum Gasteiger partial charge on any atom is 0.269 e. The Labute approximate surface area is 234 Å². The first-order chi connectivity index (χ1) is 19.6. The van der Waals surface area contributed by atoms with Crippen molar-refractivity contribution in [3.05, 3.63) is 92.6 Å². The van der Waals surface area contributed by atoms with E-state index in [4.69, 9.17) is 4.74 Å². The predicted octanol–water partition coefficient (Wildman–Crippen LogP) is 4.33. The molecule has 41 heavy (non-hydrogen) atoms. The molecule has 208 valence electrons. The Hall–Kier alpha value is -4.86. The topological polar surface area (TPSA) is 144 Å². The molecule has 1 aliphatic heterocycles. The summed E-state index contributed by atoms with van der Waals surface area (Å²) in [6.07, 6.45) is 3.50. The van der Waals surface area contributed by atoms with Gasteiger partial charge in [0.25, 0.3) is 5.69 Å². The van der Waals surface area contributed by atoms with E-state index in [0.717, 1.165) is 4.90 Å². The number of benzene rings is 2. The van der Waals surface area contributed by atoms with E-state index in [1.165, 1.54) is 30.3 Å². The van der Waals surface area contributed by atoms with E-state index in [0.29, 0.717) is 23.3 Å². The first kappa shape index (κ1) is 26.4. The van der Waals surface area contributed by atoms with Crippen LogP contribution in [0.4, 0.5) is 11.4 Å². The number of Topliss-reactive ketones (excluding diaryl/α,β-unsaturated/α-hetero) is 1. The molecule has 1 N–H and O–H groups in total. The number of phenolic OH excluding ortho intramolecular Hbond substituents is 1. The summed E-state index contributed by atoms with van der Waals surface area (Å²) >= 11 is 0. The number of non-ortho nitro benzene ring substituents is 1. The summed E-state index contributed by atoms with van der Waals surface area (Å²) in [6.45, 7) is 3.67. The van der Waals surface area contributed by atoms with E-state index >= 15 is 0 Å². The molecule has 0 spiro atoms. The number of amides is 2. The maximum atomic E-state index is 13.9. The lowest BCUT2D eigenvalue weighted by atomic mass is 9.59. The number of ether oxygens (including phenoxy) is 1.